The molecule has 1 aliphatic rings. The van der Waals surface area contributed by atoms with Crippen molar-refractivity contribution >= 4 is 34.2 Å². The summed E-state index contributed by atoms with van der Waals surface area (Å²) in [5, 5.41) is 3.41. The van der Waals surface area contributed by atoms with Gasteiger partial charge in [0.05, 0.1) is 16.1 Å². The average Bonchev–Trinajstić information content (AvgIpc) is 3.73. The first-order valence-electron chi connectivity index (χ1n) is 14.3. The number of nitrogens with zero attached hydrogens (tertiary/aromatic N) is 2. The molecule has 0 radical (unpaired) electrons. The van der Waals surface area contributed by atoms with E-state index in [2.05, 4.69) is 19.2 Å². The molecular weight excluding hydrogens is 566 g/mol. The molecule has 43 heavy (non-hydrogen) atoms. The van der Waals surface area contributed by atoms with Crippen LogP contribution in [0.4, 0.5) is 8.78 Å². The number of benzene rings is 2. The number of pyridine rings is 1. The van der Waals surface area contributed by atoms with E-state index in [1.54, 1.807) is 37.4 Å². The van der Waals surface area contributed by atoms with Gasteiger partial charge in [-0.05, 0) is 90.8 Å². The molecule has 0 aliphatic heterocycles. The van der Waals surface area contributed by atoms with Crippen molar-refractivity contribution in [1.29, 1.82) is 0 Å². The molecule has 6 nitrogen and oxygen atoms in total. The van der Waals surface area contributed by atoms with Crippen LogP contribution in [0.1, 0.15) is 62.7 Å². The van der Waals surface area contributed by atoms with Crippen LogP contribution < -0.4 is 11.1 Å². The molecule has 3 aromatic heterocycles. The Hall–Kier alpha value is -4.37. The number of fused-ring (bicyclic) bond motifs is 2. The van der Waals surface area contributed by atoms with E-state index in [0.717, 1.165) is 28.7 Å². The molecule has 0 fully saturated rings. The van der Waals surface area contributed by atoms with Crippen molar-refractivity contribution in [1.82, 2.24) is 14.9 Å². The van der Waals surface area contributed by atoms with Gasteiger partial charge < -0.3 is 15.6 Å². The van der Waals surface area contributed by atoms with E-state index in [1.165, 1.54) is 41.0 Å². The van der Waals surface area contributed by atoms with Crippen LogP contribution in [0.25, 0.3) is 21.5 Å². The highest BCUT2D eigenvalue weighted by Crippen LogP contribution is 2.38. The van der Waals surface area contributed by atoms with E-state index in [9.17, 15) is 18.4 Å². The SMILES string of the molecule is CNC(=O)c1ccc(-c2c(C(N)=O)c(CC(C)C)nc3c2ccn3Cc2ccc(F)cc2)s1.Fc1ccc2c(c1)CCC2. The summed E-state index contributed by atoms with van der Waals surface area (Å²) in [5.74, 6) is -0.858. The van der Waals surface area contributed by atoms with Crippen LogP contribution in [0.3, 0.4) is 0 Å². The number of rotatable bonds is 7. The van der Waals surface area contributed by atoms with Crippen LogP contribution in [-0.2, 0) is 25.8 Å². The minimum Gasteiger partial charge on any atom is -0.366 e. The number of halogens is 2. The van der Waals surface area contributed by atoms with Crippen LogP contribution in [0, 0.1) is 17.6 Å². The molecule has 2 amide bonds. The molecule has 2 aromatic carbocycles. The van der Waals surface area contributed by atoms with Gasteiger partial charge in [0.15, 0.2) is 0 Å². The summed E-state index contributed by atoms with van der Waals surface area (Å²) in [5.41, 5.74) is 11.8. The maximum absolute atomic E-state index is 13.3. The van der Waals surface area contributed by atoms with Gasteiger partial charge >= 0.3 is 0 Å². The Balaban J connectivity index is 0.000000308. The highest BCUT2D eigenvalue weighted by Gasteiger charge is 2.24. The molecule has 0 unspecified atom stereocenters. The molecule has 3 heterocycles. The number of carbonyl (C=O) groups excluding carboxylic acids is 2. The molecule has 222 valence electrons. The number of nitrogens with two attached hydrogens (primary N) is 1. The Morgan fingerprint density at radius 1 is 1.00 bits per heavy atom. The zero-order valence-electron chi connectivity index (χ0n) is 24.4. The first kappa shape index (κ1) is 30.1. The summed E-state index contributed by atoms with van der Waals surface area (Å²) in [6.45, 7) is 4.62. The number of hydrogen-bond acceptors (Lipinski definition) is 4. The van der Waals surface area contributed by atoms with Crippen molar-refractivity contribution in [3.63, 3.8) is 0 Å². The fourth-order valence-electron chi connectivity index (χ4n) is 5.47. The Morgan fingerprint density at radius 2 is 1.72 bits per heavy atom. The lowest BCUT2D eigenvalue weighted by Crippen LogP contribution is -2.18. The molecular formula is C34H34F2N4O2S. The molecule has 0 atom stereocenters. The topological polar surface area (TPSA) is 90.0 Å². The maximum Gasteiger partial charge on any atom is 0.261 e. The van der Waals surface area contributed by atoms with Crippen molar-refractivity contribution in [2.24, 2.45) is 11.7 Å². The van der Waals surface area contributed by atoms with Gasteiger partial charge in [-0.3, -0.25) is 9.59 Å². The minimum atomic E-state index is -0.545. The molecule has 6 rings (SSSR count). The molecule has 0 saturated carbocycles. The van der Waals surface area contributed by atoms with Gasteiger partial charge in [-0.15, -0.1) is 11.3 Å². The van der Waals surface area contributed by atoms with E-state index in [0.29, 0.717) is 40.3 Å². The summed E-state index contributed by atoms with van der Waals surface area (Å²) >= 11 is 1.31. The number of amides is 2. The second-order valence-corrected chi connectivity index (χ2v) is 12.2. The summed E-state index contributed by atoms with van der Waals surface area (Å²) in [6, 6.07) is 16.9. The summed E-state index contributed by atoms with van der Waals surface area (Å²) in [6.07, 6.45) is 5.87. The number of aryl methyl sites for hydroxylation is 2. The second-order valence-electron chi connectivity index (χ2n) is 11.1. The third-order valence-corrected chi connectivity index (χ3v) is 8.56. The zero-order chi connectivity index (χ0) is 30.7. The first-order valence-corrected chi connectivity index (χ1v) is 15.1. The molecule has 0 bridgehead atoms. The fraction of sp³-hybridized carbons (Fsp3) is 0.265. The normalized spacial score (nSPS) is 12.2. The summed E-state index contributed by atoms with van der Waals surface area (Å²) in [4.78, 5) is 31.0. The van der Waals surface area contributed by atoms with Gasteiger partial charge in [-0.1, -0.05) is 32.0 Å². The maximum atomic E-state index is 13.3. The number of hydrogen-bond donors (Lipinski definition) is 2. The van der Waals surface area contributed by atoms with Gasteiger partial charge in [-0.2, -0.15) is 0 Å². The monoisotopic (exact) mass is 600 g/mol. The second kappa shape index (κ2) is 12.9. The minimum absolute atomic E-state index is 0.0966. The van der Waals surface area contributed by atoms with Gasteiger partial charge in [0.25, 0.3) is 11.8 Å². The Labute approximate surface area is 253 Å². The number of primary amides is 1. The quantitative estimate of drug-likeness (QED) is 0.212. The Bertz CT molecular complexity index is 1790. The van der Waals surface area contributed by atoms with Gasteiger partial charge in [0.1, 0.15) is 17.3 Å². The van der Waals surface area contributed by atoms with Crippen LogP contribution in [0.15, 0.2) is 66.9 Å². The van der Waals surface area contributed by atoms with Gasteiger partial charge in [0.2, 0.25) is 0 Å². The van der Waals surface area contributed by atoms with Crippen LogP contribution in [0.2, 0.25) is 0 Å². The smallest absolute Gasteiger partial charge is 0.261 e. The van der Waals surface area contributed by atoms with Crippen LogP contribution in [-0.4, -0.2) is 28.4 Å². The number of aromatic nitrogens is 2. The Kier molecular flexibility index (Phi) is 9.01. The van der Waals surface area contributed by atoms with Gasteiger partial charge in [0, 0.05) is 35.6 Å². The van der Waals surface area contributed by atoms with Crippen molar-refractivity contribution in [3.05, 3.63) is 111 Å². The van der Waals surface area contributed by atoms with Crippen LogP contribution >= 0.6 is 11.3 Å². The molecule has 0 saturated heterocycles. The summed E-state index contributed by atoms with van der Waals surface area (Å²) in [7, 11) is 1.58. The van der Waals surface area contributed by atoms with Crippen LogP contribution in [0.5, 0.6) is 0 Å². The molecule has 1 aliphatic carbocycles. The van der Waals surface area contributed by atoms with E-state index in [4.69, 9.17) is 10.7 Å². The first-order chi connectivity index (χ1) is 20.6. The largest absolute Gasteiger partial charge is 0.366 e. The van der Waals surface area contributed by atoms with E-state index < -0.39 is 5.91 Å². The number of nitrogens with one attached hydrogen (secondary N) is 1. The lowest BCUT2D eigenvalue weighted by molar-refractivity contribution is 0.0965. The molecule has 9 heteroatoms. The van der Waals surface area contributed by atoms with Gasteiger partial charge in [-0.25, -0.2) is 13.8 Å². The third kappa shape index (κ3) is 6.67. The predicted octanol–water partition coefficient (Wildman–Crippen LogP) is 6.92. The lowest BCUT2D eigenvalue weighted by Gasteiger charge is -2.15. The highest BCUT2D eigenvalue weighted by atomic mass is 32.1. The Morgan fingerprint density at radius 3 is 2.42 bits per heavy atom. The molecule has 3 N–H and O–H groups in total. The highest BCUT2D eigenvalue weighted by molar-refractivity contribution is 7.17. The average molecular weight is 601 g/mol. The van der Waals surface area contributed by atoms with Crippen molar-refractivity contribution in [2.75, 3.05) is 7.05 Å². The van der Waals surface area contributed by atoms with Crippen molar-refractivity contribution in [3.8, 4) is 10.4 Å². The number of carbonyl (C=O) groups is 2. The zero-order valence-corrected chi connectivity index (χ0v) is 25.2. The predicted molar refractivity (Wildman–Crippen MR) is 167 cm³/mol. The van der Waals surface area contributed by atoms with Crippen molar-refractivity contribution < 1.29 is 18.4 Å². The summed E-state index contributed by atoms with van der Waals surface area (Å²) < 4.78 is 27.9. The molecule has 0 spiro atoms. The van der Waals surface area contributed by atoms with E-state index in [1.807, 2.05) is 29.0 Å². The van der Waals surface area contributed by atoms with E-state index >= 15 is 0 Å². The lowest BCUT2D eigenvalue weighted by atomic mass is 9.96. The third-order valence-electron chi connectivity index (χ3n) is 7.46. The fourth-order valence-corrected chi connectivity index (χ4v) is 6.49. The molecule has 5 aromatic rings. The van der Waals surface area contributed by atoms with E-state index in [-0.39, 0.29) is 23.5 Å². The number of thiophene rings is 1. The standard InChI is InChI=1S/C25H25FN4O2S.C9H9F/c1-14(2)12-18-22(23(27)31)21(19-8-9-20(33-19)25(32)28-3)17-10-11-30(24(17)29-18)13-15-4-6-16(26)7-5-15;10-9-5-4-7-2-1-3-8(7)6-9/h4-11,14H,12-13H2,1-3H3,(H2,27,31)(H,28,32);4-6H,1-3H2. The van der Waals surface area contributed by atoms with Crippen molar-refractivity contribution in [2.45, 2.75) is 46.1 Å².